The Balaban J connectivity index is 1.86. The molecule has 1 aromatic carbocycles. The molecule has 2 rings (SSSR count). The molecular formula is C20H33N3O2. The number of guanidine groups is 1. The lowest BCUT2D eigenvalue weighted by Gasteiger charge is -2.24. The van der Waals surface area contributed by atoms with Crippen LogP contribution in [0.3, 0.4) is 0 Å². The minimum atomic E-state index is 0.455. The fourth-order valence-electron chi connectivity index (χ4n) is 3.07. The van der Waals surface area contributed by atoms with Crippen molar-refractivity contribution in [3.8, 4) is 5.75 Å². The lowest BCUT2D eigenvalue weighted by Crippen LogP contribution is -2.41. The van der Waals surface area contributed by atoms with Crippen LogP contribution in [0.25, 0.3) is 0 Å². The maximum absolute atomic E-state index is 5.97. The lowest BCUT2D eigenvalue weighted by atomic mass is 10.0. The molecule has 5 nitrogen and oxygen atoms in total. The molecule has 0 aromatic heterocycles. The third-order valence-corrected chi connectivity index (χ3v) is 4.40. The van der Waals surface area contributed by atoms with Crippen LogP contribution in [0.2, 0.25) is 0 Å². The van der Waals surface area contributed by atoms with Gasteiger partial charge in [0.25, 0.3) is 0 Å². The Morgan fingerprint density at radius 1 is 1.40 bits per heavy atom. The molecule has 0 aliphatic carbocycles. The minimum absolute atomic E-state index is 0.455. The molecule has 1 saturated heterocycles. The van der Waals surface area contributed by atoms with E-state index in [1.165, 1.54) is 5.56 Å². The molecule has 1 aliphatic rings. The minimum Gasteiger partial charge on any atom is -0.491 e. The highest BCUT2D eigenvalue weighted by Crippen LogP contribution is 2.25. The van der Waals surface area contributed by atoms with Crippen LogP contribution >= 0.6 is 0 Å². The number of benzene rings is 1. The van der Waals surface area contributed by atoms with E-state index >= 15 is 0 Å². The zero-order valence-corrected chi connectivity index (χ0v) is 16.1. The molecule has 0 amide bonds. The van der Waals surface area contributed by atoms with Crippen LogP contribution in [0, 0.1) is 5.92 Å². The smallest absolute Gasteiger partial charge is 0.193 e. The first-order valence-electron chi connectivity index (χ1n) is 9.40. The van der Waals surface area contributed by atoms with Crippen molar-refractivity contribution in [3.63, 3.8) is 0 Å². The van der Waals surface area contributed by atoms with Crippen LogP contribution in [0.5, 0.6) is 5.75 Å². The van der Waals surface area contributed by atoms with Gasteiger partial charge in [0, 0.05) is 32.7 Å². The summed E-state index contributed by atoms with van der Waals surface area (Å²) in [6, 6.07) is 8.25. The summed E-state index contributed by atoms with van der Waals surface area (Å²) < 4.78 is 11.4. The van der Waals surface area contributed by atoms with Gasteiger partial charge in [0.05, 0.1) is 13.2 Å². The van der Waals surface area contributed by atoms with Gasteiger partial charge in [-0.1, -0.05) is 32.0 Å². The van der Waals surface area contributed by atoms with E-state index in [0.717, 1.165) is 44.4 Å². The van der Waals surface area contributed by atoms with Crippen LogP contribution in [-0.4, -0.2) is 57.4 Å². The van der Waals surface area contributed by atoms with Gasteiger partial charge in [-0.25, -0.2) is 4.99 Å². The van der Waals surface area contributed by atoms with Crippen molar-refractivity contribution in [1.82, 2.24) is 10.2 Å². The molecular weight excluding hydrogens is 314 g/mol. The normalized spacial score (nSPS) is 17.8. The van der Waals surface area contributed by atoms with Crippen LogP contribution in [0.15, 0.2) is 29.3 Å². The predicted molar refractivity (Wildman–Crippen MR) is 104 cm³/mol. The van der Waals surface area contributed by atoms with Gasteiger partial charge in [-0.05, 0) is 30.9 Å². The molecule has 0 saturated carbocycles. The largest absolute Gasteiger partial charge is 0.491 e. The fraction of sp³-hybridized carbons (Fsp3) is 0.650. The van der Waals surface area contributed by atoms with Crippen molar-refractivity contribution in [2.45, 2.75) is 33.1 Å². The van der Waals surface area contributed by atoms with E-state index in [0.29, 0.717) is 25.0 Å². The number of aliphatic imine (C=N–C) groups is 1. The average Bonchev–Trinajstić information content (AvgIpc) is 3.10. The van der Waals surface area contributed by atoms with Gasteiger partial charge >= 0.3 is 0 Å². The molecule has 25 heavy (non-hydrogen) atoms. The number of nitrogens with one attached hydrogen (secondary N) is 1. The summed E-state index contributed by atoms with van der Waals surface area (Å²) in [6.07, 6.45) is 1.14. The van der Waals surface area contributed by atoms with Gasteiger partial charge in [0.15, 0.2) is 5.96 Å². The van der Waals surface area contributed by atoms with Crippen molar-refractivity contribution in [1.29, 1.82) is 0 Å². The maximum Gasteiger partial charge on any atom is 0.193 e. The van der Waals surface area contributed by atoms with E-state index in [-0.39, 0.29) is 0 Å². The fourth-order valence-corrected chi connectivity index (χ4v) is 3.07. The molecule has 1 heterocycles. The van der Waals surface area contributed by atoms with Gasteiger partial charge < -0.3 is 19.7 Å². The second-order valence-electron chi connectivity index (χ2n) is 6.89. The van der Waals surface area contributed by atoms with Gasteiger partial charge in [0.1, 0.15) is 12.4 Å². The zero-order chi connectivity index (χ0) is 18.1. The Labute approximate surface area is 152 Å². The van der Waals surface area contributed by atoms with Gasteiger partial charge in [-0.15, -0.1) is 0 Å². The Bertz CT molecular complexity index is 539. The first-order chi connectivity index (χ1) is 12.1. The third kappa shape index (κ3) is 6.24. The number of hydrogen-bond acceptors (Lipinski definition) is 3. The van der Waals surface area contributed by atoms with E-state index in [2.05, 4.69) is 50.2 Å². The first kappa shape index (κ1) is 19.6. The summed E-state index contributed by atoms with van der Waals surface area (Å²) >= 11 is 0. The van der Waals surface area contributed by atoms with Crippen molar-refractivity contribution < 1.29 is 9.47 Å². The molecule has 5 heteroatoms. The molecule has 0 spiro atoms. The Hall–Kier alpha value is -1.75. The average molecular weight is 348 g/mol. The summed E-state index contributed by atoms with van der Waals surface area (Å²) in [7, 11) is 2.09. The molecule has 1 atom stereocenters. The van der Waals surface area contributed by atoms with Gasteiger partial charge in [-0.3, -0.25) is 0 Å². The molecule has 0 bridgehead atoms. The topological polar surface area (TPSA) is 46.1 Å². The number of ether oxygens (including phenoxy) is 2. The lowest BCUT2D eigenvalue weighted by molar-refractivity contribution is 0.181. The van der Waals surface area contributed by atoms with E-state index in [4.69, 9.17) is 14.5 Å². The van der Waals surface area contributed by atoms with E-state index < -0.39 is 0 Å². The highest BCUT2D eigenvalue weighted by Gasteiger charge is 2.19. The van der Waals surface area contributed by atoms with Crippen LogP contribution in [0.4, 0.5) is 0 Å². The number of hydrogen-bond donors (Lipinski definition) is 1. The molecule has 1 aromatic rings. The molecule has 1 unspecified atom stereocenters. The quantitative estimate of drug-likeness (QED) is 0.446. The summed E-state index contributed by atoms with van der Waals surface area (Å²) in [5.41, 5.74) is 1.25. The van der Waals surface area contributed by atoms with Gasteiger partial charge in [-0.2, -0.15) is 0 Å². The standard InChI is InChI=1S/C20H33N3O2/c1-5-21-20(23(4)14-17-10-12-24-15-17)22-11-13-25-19-9-7-6-8-18(19)16(2)3/h6-9,16-17H,5,10-15H2,1-4H3,(H,21,22). The Morgan fingerprint density at radius 3 is 2.88 bits per heavy atom. The Kier molecular flexibility index (Phi) is 8.06. The molecule has 140 valence electrons. The maximum atomic E-state index is 5.97. The van der Waals surface area contributed by atoms with Crippen molar-refractivity contribution >= 4 is 5.96 Å². The first-order valence-corrected chi connectivity index (χ1v) is 9.40. The van der Waals surface area contributed by atoms with Crippen molar-refractivity contribution in [2.75, 3.05) is 46.5 Å². The molecule has 1 N–H and O–H groups in total. The van der Waals surface area contributed by atoms with Crippen LogP contribution in [-0.2, 0) is 4.74 Å². The zero-order valence-electron chi connectivity index (χ0n) is 16.1. The number of rotatable bonds is 8. The van der Waals surface area contributed by atoms with Crippen molar-refractivity contribution in [3.05, 3.63) is 29.8 Å². The molecule has 1 aliphatic heterocycles. The predicted octanol–water partition coefficient (Wildman–Crippen LogP) is 3.12. The second kappa shape index (κ2) is 10.3. The number of nitrogens with zero attached hydrogens (tertiary/aromatic N) is 2. The second-order valence-corrected chi connectivity index (χ2v) is 6.89. The summed E-state index contributed by atoms with van der Waals surface area (Å²) in [5.74, 6) is 2.96. The van der Waals surface area contributed by atoms with E-state index in [9.17, 15) is 0 Å². The third-order valence-electron chi connectivity index (χ3n) is 4.40. The SMILES string of the molecule is CCNC(=NCCOc1ccccc1C(C)C)N(C)CC1CCOC1. The summed E-state index contributed by atoms with van der Waals surface area (Å²) in [6.45, 7) is 11.3. The molecule has 0 radical (unpaired) electrons. The monoisotopic (exact) mass is 347 g/mol. The Morgan fingerprint density at radius 2 is 2.20 bits per heavy atom. The summed E-state index contributed by atoms with van der Waals surface area (Å²) in [4.78, 5) is 6.91. The van der Waals surface area contributed by atoms with Crippen molar-refractivity contribution in [2.24, 2.45) is 10.9 Å². The molecule has 1 fully saturated rings. The summed E-state index contributed by atoms with van der Waals surface area (Å²) in [5, 5.41) is 3.36. The van der Waals surface area contributed by atoms with Crippen LogP contribution in [0.1, 0.15) is 38.7 Å². The highest BCUT2D eigenvalue weighted by atomic mass is 16.5. The van der Waals surface area contributed by atoms with E-state index in [1.807, 2.05) is 12.1 Å². The van der Waals surface area contributed by atoms with Crippen LogP contribution < -0.4 is 10.1 Å². The van der Waals surface area contributed by atoms with Gasteiger partial charge in [0.2, 0.25) is 0 Å². The van der Waals surface area contributed by atoms with E-state index in [1.54, 1.807) is 0 Å². The highest BCUT2D eigenvalue weighted by molar-refractivity contribution is 5.79. The number of para-hydroxylation sites is 1.